The fourth-order valence-electron chi connectivity index (χ4n) is 4.48. The van der Waals surface area contributed by atoms with E-state index in [0.29, 0.717) is 25.3 Å². The van der Waals surface area contributed by atoms with Gasteiger partial charge in [-0.15, -0.1) is 0 Å². The number of hydrogen-bond donors (Lipinski definition) is 1. The number of piperidine rings is 1. The van der Waals surface area contributed by atoms with Crippen molar-refractivity contribution in [3.05, 3.63) is 0 Å². The summed E-state index contributed by atoms with van der Waals surface area (Å²) in [6.45, 7) is 3.10. The summed E-state index contributed by atoms with van der Waals surface area (Å²) in [5.74, 6) is 0.705. The number of fused-ring (bicyclic) bond motifs is 1. The van der Waals surface area contributed by atoms with Crippen LogP contribution in [0.1, 0.15) is 38.5 Å². The summed E-state index contributed by atoms with van der Waals surface area (Å²) in [5.41, 5.74) is 0. The standard InChI is InChI=1S/C17H26N2O4/c20-13-7-12(8-13)16(21)19-6-3-11-9-14(23-15(11)10-19)17(22)18-4-1-2-5-18/h11-15,20H,1-10H2/t11-,12?,13?,14+,15+/m0/s1. The zero-order valence-corrected chi connectivity index (χ0v) is 13.5. The van der Waals surface area contributed by atoms with Gasteiger partial charge in [-0.1, -0.05) is 0 Å². The second kappa shape index (κ2) is 6.06. The highest BCUT2D eigenvalue weighted by Gasteiger charge is 2.45. The summed E-state index contributed by atoms with van der Waals surface area (Å²) >= 11 is 0. The average molecular weight is 322 g/mol. The molecular formula is C17H26N2O4. The van der Waals surface area contributed by atoms with Crippen LogP contribution in [0.5, 0.6) is 0 Å². The van der Waals surface area contributed by atoms with Crippen LogP contribution >= 0.6 is 0 Å². The lowest BCUT2D eigenvalue weighted by Gasteiger charge is -2.39. The predicted octanol–water partition coefficient (Wildman–Crippen LogP) is 0.386. The number of hydrogen-bond acceptors (Lipinski definition) is 4. The second-order valence-corrected chi connectivity index (χ2v) is 7.59. The largest absolute Gasteiger partial charge is 0.393 e. The highest BCUT2D eigenvalue weighted by molar-refractivity contribution is 5.82. The zero-order chi connectivity index (χ0) is 16.0. The van der Waals surface area contributed by atoms with Gasteiger partial charge in [0.2, 0.25) is 5.91 Å². The number of rotatable bonds is 2. The Bertz CT molecular complexity index is 485. The van der Waals surface area contributed by atoms with E-state index in [2.05, 4.69) is 0 Å². The SMILES string of the molecule is O=C(C1CC(O)C1)N1CC[C@H]2C[C@H](C(=O)N3CCCC3)O[C@@H]2C1. The van der Waals surface area contributed by atoms with Crippen molar-refractivity contribution in [1.29, 1.82) is 0 Å². The van der Waals surface area contributed by atoms with Gasteiger partial charge >= 0.3 is 0 Å². The quantitative estimate of drug-likeness (QED) is 0.798. The Hall–Kier alpha value is -1.14. The Morgan fingerprint density at radius 1 is 0.957 bits per heavy atom. The molecule has 3 atom stereocenters. The Kier molecular flexibility index (Phi) is 4.05. The molecule has 0 spiro atoms. The molecule has 128 valence electrons. The third kappa shape index (κ3) is 2.87. The number of amides is 2. The Morgan fingerprint density at radius 2 is 1.70 bits per heavy atom. The normalized spacial score (nSPS) is 40.0. The number of carbonyl (C=O) groups is 2. The van der Waals surface area contributed by atoms with Crippen molar-refractivity contribution in [2.24, 2.45) is 11.8 Å². The van der Waals surface area contributed by atoms with Crippen LogP contribution in [0.4, 0.5) is 0 Å². The zero-order valence-electron chi connectivity index (χ0n) is 13.5. The molecule has 4 fully saturated rings. The molecule has 3 heterocycles. The van der Waals surface area contributed by atoms with E-state index >= 15 is 0 Å². The highest BCUT2D eigenvalue weighted by atomic mass is 16.5. The first-order chi connectivity index (χ1) is 11.1. The number of likely N-dealkylation sites (tertiary alicyclic amines) is 2. The number of aliphatic hydroxyl groups excluding tert-OH is 1. The summed E-state index contributed by atoms with van der Waals surface area (Å²) < 4.78 is 6.04. The van der Waals surface area contributed by atoms with Gasteiger partial charge in [0.25, 0.3) is 5.91 Å². The summed E-state index contributed by atoms with van der Waals surface area (Å²) in [5, 5.41) is 9.38. The van der Waals surface area contributed by atoms with Crippen molar-refractivity contribution in [2.75, 3.05) is 26.2 Å². The van der Waals surface area contributed by atoms with E-state index in [1.54, 1.807) is 0 Å². The minimum Gasteiger partial charge on any atom is -0.393 e. The van der Waals surface area contributed by atoms with Crippen LogP contribution in [-0.2, 0) is 14.3 Å². The second-order valence-electron chi connectivity index (χ2n) is 7.59. The molecule has 2 amide bonds. The maximum Gasteiger partial charge on any atom is 0.251 e. The van der Waals surface area contributed by atoms with E-state index in [1.165, 1.54) is 0 Å². The van der Waals surface area contributed by atoms with Crippen molar-refractivity contribution in [3.8, 4) is 0 Å². The molecule has 0 bridgehead atoms. The third-order valence-electron chi connectivity index (χ3n) is 6.02. The van der Waals surface area contributed by atoms with E-state index in [0.717, 1.165) is 45.3 Å². The van der Waals surface area contributed by atoms with Gasteiger partial charge in [0.05, 0.1) is 12.2 Å². The molecule has 1 aliphatic carbocycles. The van der Waals surface area contributed by atoms with Crippen LogP contribution in [0.2, 0.25) is 0 Å². The summed E-state index contributed by atoms with van der Waals surface area (Å²) in [6, 6.07) is 0. The monoisotopic (exact) mass is 322 g/mol. The summed E-state index contributed by atoms with van der Waals surface area (Å²) in [6.07, 6.45) is 4.53. The molecule has 3 aliphatic heterocycles. The lowest BCUT2D eigenvalue weighted by Crippen LogP contribution is -2.50. The fraction of sp³-hybridized carbons (Fsp3) is 0.882. The van der Waals surface area contributed by atoms with Gasteiger partial charge in [0.15, 0.2) is 0 Å². The Morgan fingerprint density at radius 3 is 2.39 bits per heavy atom. The summed E-state index contributed by atoms with van der Waals surface area (Å²) in [4.78, 5) is 28.7. The molecule has 6 nitrogen and oxygen atoms in total. The van der Waals surface area contributed by atoms with Gasteiger partial charge in [0, 0.05) is 32.1 Å². The van der Waals surface area contributed by atoms with Gasteiger partial charge in [-0.2, -0.15) is 0 Å². The van der Waals surface area contributed by atoms with Gasteiger partial charge in [0.1, 0.15) is 6.10 Å². The van der Waals surface area contributed by atoms with Gasteiger partial charge < -0.3 is 19.6 Å². The number of carbonyl (C=O) groups excluding carboxylic acids is 2. The molecule has 0 aromatic heterocycles. The molecule has 1 saturated carbocycles. The van der Waals surface area contributed by atoms with Crippen LogP contribution in [0.3, 0.4) is 0 Å². The van der Waals surface area contributed by atoms with E-state index in [4.69, 9.17) is 4.74 Å². The summed E-state index contributed by atoms with van der Waals surface area (Å²) in [7, 11) is 0. The molecule has 6 heteroatoms. The number of ether oxygens (including phenoxy) is 1. The molecule has 4 aliphatic rings. The van der Waals surface area contributed by atoms with E-state index in [9.17, 15) is 14.7 Å². The Balaban J connectivity index is 1.33. The maximum atomic E-state index is 12.5. The van der Waals surface area contributed by atoms with Crippen LogP contribution < -0.4 is 0 Å². The molecule has 3 saturated heterocycles. The lowest BCUT2D eigenvalue weighted by atomic mass is 9.80. The minimum absolute atomic E-state index is 0.00857. The van der Waals surface area contributed by atoms with Gasteiger partial charge in [-0.3, -0.25) is 9.59 Å². The molecule has 0 aromatic carbocycles. The highest BCUT2D eigenvalue weighted by Crippen LogP contribution is 2.36. The molecule has 4 rings (SSSR count). The van der Waals surface area contributed by atoms with E-state index in [1.807, 2.05) is 9.80 Å². The topological polar surface area (TPSA) is 70.1 Å². The van der Waals surface area contributed by atoms with Crippen molar-refractivity contribution < 1.29 is 19.4 Å². The fourth-order valence-corrected chi connectivity index (χ4v) is 4.48. The molecular weight excluding hydrogens is 296 g/mol. The van der Waals surface area contributed by atoms with Crippen molar-refractivity contribution in [1.82, 2.24) is 9.80 Å². The van der Waals surface area contributed by atoms with E-state index in [-0.39, 0.29) is 36.0 Å². The predicted molar refractivity (Wildman–Crippen MR) is 82.5 cm³/mol. The first-order valence-electron chi connectivity index (χ1n) is 9.03. The average Bonchev–Trinajstić information content (AvgIpc) is 3.18. The van der Waals surface area contributed by atoms with Crippen LogP contribution in [-0.4, -0.2) is 71.2 Å². The molecule has 0 unspecified atom stereocenters. The first-order valence-corrected chi connectivity index (χ1v) is 9.03. The third-order valence-corrected chi connectivity index (χ3v) is 6.02. The minimum atomic E-state index is -0.302. The molecule has 23 heavy (non-hydrogen) atoms. The number of nitrogens with zero attached hydrogens (tertiary/aromatic N) is 2. The smallest absolute Gasteiger partial charge is 0.251 e. The van der Waals surface area contributed by atoms with Crippen LogP contribution in [0.15, 0.2) is 0 Å². The van der Waals surface area contributed by atoms with Gasteiger partial charge in [-0.05, 0) is 44.4 Å². The van der Waals surface area contributed by atoms with Crippen molar-refractivity contribution in [3.63, 3.8) is 0 Å². The molecule has 0 aromatic rings. The van der Waals surface area contributed by atoms with E-state index < -0.39 is 0 Å². The maximum absolute atomic E-state index is 12.5. The first kappa shape index (κ1) is 15.4. The number of aliphatic hydroxyl groups is 1. The molecule has 1 N–H and O–H groups in total. The van der Waals surface area contributed by atoms with Crippen LogP contribution in [0.25, 0.3) is 0 Å². The lowest BCUT2D eigenvalue weighted by molar-refractivity contribution is -0.149. The van der Waals surface area contributed by atoms with Gasteiger partial charge in [-0.25, -0.2) is 0 Å². The Labute approximate surface area is 136 Å². The van der Waals surface area contributed by atoms with Crippen LogP contribution in [0, 0.1) is 11.8 Å². The van der Waals surface area contributed by atoms with Crippen molar-refractivity contribution in [2.45, 2.75) is 56.8 Å². The molecule has 0 radical (unpaired) electrons. The van der Waals surface area contributed by atoms with Crippen molar-refractivity contribution >= 4 is 11.8 Å².